The number of aliphatic hydroxyl groups is 1. The topological polar surface area (TPSA) is 103 Å². The molecule has 1 saturated carbocycles. The third-order valence-electron chi connectivity index (χ3n) is 8.56. The second-order valence-electron chi connectivity index (χ2n) is 12.5. The molecule has 0 spiro atoms. The van der Waals surface area contributed by atoms with Crippen LogP contribution in [-0.4, -0.2) is 62.7 Å². The first-order chi connectivity index (χ1) is 18.7. The van der Waals surface area contributed by atoms with Crippen molar-refractivity contribution in [2.45, 2.75) is 103 Å². The number of ether oxygens (including phenoxy) is 3. The zero-order valence-corrected chi connectivity index (χ0v) is 25.0. The van der Waals surface area contributed by atoms with E-state index in [1.165, 1.54) is 24.0 Å². The lowest BCUT2D eigenvalue weighted by Crippen LogP contribution is -2.46. The molecule has 1 aromatic rings. The molecule has 1 aliphatic heterocycles. The Bertz CT molecular complexity index is 866. The average molecular weight is 547 g/mol. The van der Waals surface area contributed by atoms with Crippen LogP contribution in [0.5, 0.6) is 5.75 Å². The Labute approximate surface area is 236 Å². The fraction of sp³-hybridized carbons (Fsp3) is 0.781. The highest BCUT2D eigenvalue weighted by atomic mass is 16.5. The van der Waals surface area contributed by atoms with E-state index in [0.29, 0.717) is 57.0 Å². The van der Waals surface area contributed by atoms with Gasteiger partial charge in [0.1, 0.15) is 5.75 Å². The Kier molecular flexibility index (Phi) is 13.0. The van der Waals surface area contributed by atoms with Crippen molar-refractivity contribution in [3.63, 3.8) is 0 Å². The highest BCUT2D eigenvalue weighted by Crippen LogP contribution is 2.45. The maximum atomic E-state index is 13.1. The molecule has 1 heterocycles. The third kappa shape index (κ3) is 10.3. The van der Waals surface area contributed by atoms with Crippen LogP contribution in [0.15, 0.2) is 18.2 Å². The highest BCUT2D eigenvalue weighted by Gasteiger charge is 2.31. The zero-order valence-electron chi connectivity index (χ0n) is 25.0. The summed E-state index contributed by atoms with van der Waals surface area (Å²) >= 11 is 0. The van der Waals surface area contributed by atoms with E-state index in [2.05, 4.69) is 37.4 Å². The quantitative estimate of drug-likeness (QED) is 0.242. The Morgan fingerprint density at radius 2 is 1.79 bits per heavy atom. The van der Waals surface area contributed by atoms with E-state index in [1.54, 1.807) is 7.11 Å². The van der Waals surface area contributed by atoms with Crippen LogP contribution in [0.2, 0.25) is 0 Å². The lowest BCUT2D eigenvalue weighted by Gasteiger charge is -2.31. The van der Waals surface area contributed by atoms with Gasteiger partial charge in [-0.05, 0) is 85.8 Å². The van der Waals surface area contributed by atoms with E-state index in [4.69, 9.17) is 19.9 Å². The van der Waals surface area contributed by atoms with Gasteiger partial charge in [-0.15, -0.1) is 0 Å². The lowest BCUT2D eigenvalue weighted by molar-refractivity contribution is -0.129. The molecule has 39 heavy (non-hydrogen) atoms. The Hall–Kier alpha value is -1.67. The second-order valence-corrected chi connectivity index (χ2v) is 12.5. The SMILES string of the molecule is COCCCOc1cc(CC(CC(N)C(O)CC(C(=O)NC2CCOCC2)C(C)C)C(C)C)ccc1C1CC1. The number of carbonyl (C=O) groups excluding carboxylic acids is 1. The van der Waals surface area contributed by atoms with E-state index in [0.717, 1.165) is 31.4 Å². The molecular formula is C32H54N2O5. The van der Waals surface area contributed by atoms with E-state index in [-0.39, 0.29) is 29.8 Å². The highest BCUT2D eigenvalue weighted by molar-refractivity contribution is 5.79. The Morgan fingerprint density at radius 3 is 2.41 bits per heavy atom. The van der Waals surface area contributed by atoms with Crippen LogP contribution in [-0.2, 0) is 20.7 Å². The van der Waals surface area contributed by atoms with Crippen molar-refractivity contribution in [1.82, 2.24) is 5.32 Å². The molecule has 0 aromatic heterocycles. The van der Waals surface area contributed by atoms with Crippen molar-refractivity contribution in [3.05, 3.63) is 29.3 Å². The van der Waals surface area contributed by atoms with Crippen LogP contribution >= 0.6 is 0 Å². The molecule has 7 nitrogen and oxygen atoms in total. The van der Waals surface area contributed by atoms with Crippen LogP contribution in [0.1, 0.15) is 89.7 Å². The van der Waals surface area contributed by atoms with Gasteiger partial charge in [-0.3, -0.25) is 4.79 Å². The molecule has 7 heteroatoms. The van der Waals surface area contributed by atoms with Gasteiger partial charge in [-0.2, -0.15) is 0 Å². The number of nitrogens with two attached hydrogens (primary N) is 1. The summed E-state index contributed by atoms with van der Waals surface area (Å²) in [5, 5.41) is 14.3. The molecule has 4 N–H and O–H groups in total. The standard InChI is InChI=1S/C32H54N2O5/c1-21(2)25(17-23-7-10-27(24-8-9-24)31(18-23)39-14-6-13-37-5)19-29(33)30(35)20-28(22(3)4)32(36)34-26-11-15-38-16-12-26/h7,10,18,21-22,24-26,28-30,35H,6,8-9,11-17,19-20,33H2,1-5H3,(H,34,36). The van der Waals surface area contributed by atoms with Crippen LogP contribution in [0.3, 0.4) is 0 Å². The molecule has 1 saturated heterocycles. The smallest absolute Gasteiger partial charge is 0.223 e. The molecule has 4 unspecified atom stereocenters. The number of benzene rings is 1. The molecular weight excluding hydrogens is 492 g/mol. The van der Waals surface area contributed by atoms with Gasteiger partial charge in [0, 0.05) is 51.4 Å². The molecule has 1 aliphatic carbocycles. The van der Waals surface area contributed by atoms with Crippen molar-refractivity contribution in [3.8, 4) is 5.75 Å². The van der Waals surface area contributed by atoms with Gasteiger partial charge >= 0.3 is 0 Å². The van der Waals surface area contributed by atoms with Gasteiger partial charge in [0.05, 0.1) is 12.7 Å². The van der Waals surface area contributed by atoms with Gasteiger partial charge in [0.2, 0.25) is 5.91 Å². The van der Waals surface area contributed by atoms with Gasteiger partial charge in [-0.25, -0.2) is 0 Å². The first kappa shape index (κ1) is 31.9. The van der Waals surface area contributed by atoms with Crippen LogP contribution < -0.4 is 15.8 Å². The van der Waals surface area contributed by atoms with E-state index in [1.807, 2.05) is 13.8 Å². The van der Waals surface area contributed by atoms with E-state index in [9.17, 15) is 9.90 Å². The van der Waals surface area contributed by atoms with Crippen LogP contribution in [0.4, 0.5) is 0 Å². The molecule has 2 aliphatic rings. The number of aliphatic hydroxyl groups excluding tert-OH is 1. The summed E-state index contributed by atoms with van der Waals surface area (Å²) in [5.74, 6) is 2.25. The summed E-state index contributed by atoms with van der Waals surface area (Å²) in [6.45, 7) is 11.3. The monoisotopic (exact) mass is 546 g/mol. The summed E-state index contributed by atoms with van der Waals surface area (Å²) in [4.78, 5) is 13.1. The number of rotatable bonds is 17. The summed E-state index contributed by atoms with van der Waals surface area (Å²) < 4.78 is 16.8. The predicted molar refractivity (Wildman–Crippen MR) is 156 cm³/mol. The number of amides is 1. The molecule has 222 valence electrons. The molecule has 1 aromatic carbocycles. The van der Waals surface area contributed by atoms with Crippen LogP contribution in [0, 0.1) is 23.7 Å². The minimum atomic E-state index is -0.726. The normalized spacial score (nSPS) is 19.6. The summed E-state index contributed by atoms with van der Waals surface area (Å²) in [5.41, 5.74) is 9.17. The number of hydrogen-bond donors (Lipinski definition) is 3. The summed E-state index contributed by atoms with van der Waals surface area (Å²) in [6, 6.07) is 6.47. The number of nitrogens with one attached hydrogen (secondary N) is 1. The summed E-state index contributed by atoms with van der Waals surface area (Å²) in [7, 11) is 1.72. The molecule has 3 rings (SSSR count). The first-order valence-corrected chi connectivity index (χ1v) is 15.3. The molecule has 0 radical (unpaired) electrons. The maximum absolute atomic E-state index is 13.1. The number of methoxy groups -OCH3 is 1. The maximum Gasteiger partial charge on any atom is 0.223 e. The van der Waals surface area contributed by atoms with Gasteiger partial charge in [-0.1, -0.05) is 39.8 Å². The summed E-state index contributed by atoms with van der Waals surface area (Å²) in [6.07, 6.45) is 6.28. The number of hydrogen-bond acceptors (Lipinski definition) is 6. The van der Waals surface area contributed by atoms with E-state index < -0.39 is 6.10 Å². The fourth-order valence-corrected chi connectivity index (χ4v) is 5.62. The largest absolute Gasteiger partial charge is 0.493 e. The van der Waals surface area contributed by atoms with Crippen molar-refractivity contribution in [1.29, 1.82) is 0 Å². The first-order valence-electron chi connectivity index (χ1n) is 15.3. The minimum Gasteiger partial charge on any atom is -0.493 e. The van der Waals surface area contributed by atoms with Gasteiger partial charge in [0.15, 0.2) is 0 Å². The fourth-order valence-electron chi connectivity index (χ4n) is 5.62. The Balaban J connectivity index is 1.59. The van der Waals surface area contributed by atoms with E-state index >= 15 is 0 Å². The van der Waals surface area contributed by atoms with Crippen molar-refractivity contribution < 1.29 is 24.1 Å². The molecule has 0 bridgehead atoms. The number of carbonyl (C=O) groups is 1. The second kappa shape index (κ2) is 15.9. The Morgan fingerprint density at radius 1 is 1.08 bits per heavy atom. The van der Waals surface area contributed by atoms with Crippen molar-refractivity contribution in [2.24, 2.45) is 29.4 Å². The molecule has 2 fully saturated rings. The zero-order chi connectivity index (χ0) is 28.4. The van der Waals surface area contributed by atoms with Gasteiger partial charge < -0.3 is 30.4 Å². The average Bonchev–Trinajstić information content (AvgIpc) is 3.75. The lowest BCUT2D eigenvalue weighted by atomic mass is 9.80. The third-order valence-corrected chi connectivity index (χ3v) is 8.56. The minimum absolute atomic E-state index is 0.0253. The van der Waals surface area contributed by atoms with Crippen molar-refractivity contribution >= 4 is 5.91 Å². The molecule has 4 atom stereocenters. The van der Waals surface area contributed by atoms with Gasteiger partial charge in [0.25, 0.3) is 0 Å². The molecule has 1 amide bonds. The van der Waals surface area contributed by atoms with Crippen LogP contribution in [0.25, 0.3) is 0 Å². The van der Waals surface area contributed by atoms with Crippen molar-refractivity contribution in [2.75, 3.05) is 33.5 Å². The predicted octanol–water partition coefficient (Wildman–Crippen LogP) is 4.83.